The highest BCUT2D eigenvalue weighted by atomic mass is 19.4. The molecule has 0 N–H and O–H groups in total. The SMILES string of the molecule is CC1(C)OCCC(CC(=O)CCc2ccccc2)(C(F)(F)F)O1. The number of Topliss-reactive ketones (excluding diaryl/α,β-unsaturated/α-hetero) is 1. The second-order valence-corrected chi connectivity index (χ2v) is 6.29. The van der Waals surface area contributed by atoms with Crippen LogP contribution in [0.2, 0.25) is 0 Å². The molecule has 1 atom stereocenters. The van der Waals surface area contributed by atoms with Crippen molar-refractivity contribution in [2.75, 3.05) is 6.61 Å². The number of benzene rings is 1. The topological polar surface area (TPSA) is 35.5 Å². The third-order valence-electron chi connectivity index (χ3n) is 3.93. The molecule has 1 aromatic rings. The van der Waals surface area contributed by atoms with Gasteiger partial charge in [0.05, 0.1) is 6.61 Å². The minimum atomic E-state index is -4.61. The third-order valence-corrected chi connectivity index (χ3v) is 3.93. The second-order valence-electron chi connectivity index (χ2n) is 6.29. The van der Waals surface area contributed by atoms with E-state index >= 15 is 0 Å². The number of aryl methyl sites for hydroxylation is 1. The molecule has 128 valence electrons. The number of halogens is 3. The Morgan fingerprint density at radius 2 is 1.87 bits per heavy atom. The molecular weight excluding hydrogens is 309 g/mol. The van der Waals surface area contributed by atoms with Crippen molar-refractivity contribution in [1.29, 1.82) is 0 Å². The van der Waals surface area contributed by atoms with Crippen LogP contribution in [0.1, 0.15) is 38.7 Å². The number of alkyl halides is 3. The fourth-order valence-electron chi connectivity index (χ4n) is 2.77. The summed E-state index contributed by atoms with van der Waals surface area (Å²) < 4.78 is 51.0. The monoisotopic (exact) mass is 330 g/mol. The summed E-state index contributed by atoms with van der Waals surface area (Å²) in [5, 5.41) is 0. The van der Waals surface area contributed by atoms with Gasteiger partial charge in [0.1, 0.15) is 5.78 Å². The summed E-state index contributed by atoms with van der Waals surface area (Å²) in [4.78, 5) is 12.1. The summed E-state index contributed by atoms with van der Waals surface area (Å²) in [5.74, 6) is -1.81. The van der Waals surface area contributed by atoms with Gasteiger partial charge in [-0.05, 0) is 25.8 Å². The predicted molar refractivity (Wildman–Crippen MR) is 78.9 cm³/mol. The molecule has 1 aromatic carbocycles. The summed E-state index contributed by atoms with van der Waals surface area (Å²) in [6, 6.07) is 9.21. The fourth-order valence-corrected chi connectivity index (χ4v) is 2.77. The van der Waals surface area contributed by atoms with Gasteiger partial charge >= 0.3 is 6.18 Å². The summed E-state index contributed by atoms with van der Waals surface area (Å²) in [7, 11) is 0. The molecule has 2 rings (SSSR count). The van der Waals surface area contributed by atoms with Crippen LogP contribution in [0.3, 0.4) is 0 Å². The first-order valence-electron chi connectivity index (χ1n) is 7.60. The Hall–Kier alpha value is -1.40. The maximum Gasteiger partial charge on any atom is 0.418 e. The van der Waals surface area contributed by atoms with Gasteiger partial charge in [0.25, 0.3) is 0 Å². The molecule has 1 unspecified atom stereocenters. The third kappa shape index (κ3) is 4.54. The normalized spacial score (nSPS) is 24.4. The molecule has 0 aromatic heterocycles. The van der Waals surface area contributed by atoms with Crippen LogP contribution in [-0.4, -0.2) is 30.0 Å². The number of hydrogen-bond acceptors (Lipinski definition) is 3. The average molecular weight is 330 g/mol. The number of rotatable bonds is 5. The van der Waals surface area contributed by atoms with Gasteiger partial charge in [-0.3, -0.25) is 4.79 Å². The number of carbonyl (C=O) groups is 1. The lowest BCUT2D eigenvalue weighted by Gasteiger charge is -2.45. The van der Waals surface area contributed by atoms with E-state index in [4.69, 9.17) is 9.47 Å². The fraction of sp³-hybridized carbons (Fsp3) is 0.588. The molecule has 1 aliphatic rings. The van der Waals surface area contributed by atoms with Gasteiger partial charge in [-0.2, -0.15) is 13.2 Å². The van der Waals surface area contributed by atoms with Crippen LogP contribution in [0.4, 0.5) is 13.2 Å². The lowest BCUT2D eigenvalue weighted by Crippen LogP contribution is -2.58. The molecule has 0 radical (unpaired) electrons. The van der Waals surface area contributed by atoms with Crippen molar-refractivity contribution >= 4 is 5.78 Å². The van der Waals surface area contributed by atoms with E-state index in [1.807, 2.05) is 30.3 Å². The first-order valence-corrected chi connectivity index (χ1v) is 7.60. The maximum absolute atomic E-state index is 13.5. The van der Waals surface area contributed by atoms with Crippen LogP contribution in [0.15, 0.2) is 30.3 Å². The lowest BCUT2D eigenvalue weighted by molar-refractivity contribution is -0.383. The maximum atomic E-state index is 13.5. The van der Waals surface area contributed by atoms with E-state index in [-0.39, 0.29) is 19.4 Å². The molecule has 0 bridgehead atoms. The van der Waals surface area contributed by atoms with Gasteiger partial charge in [-0.25, -0.2) is 0 Å². The highest BCUT2D eigenvalue weighted by molar-refractivity contribution is 5.79. The highest BCUT2D eigenvalue weighted by Gasteiger charge is 2.60. The second kappa shape index (κ2) is 6.61. The van der Waals surface area contributed by atoms with Crippen molar-refractivity contribution in [3.63, 3.8) is 0 Å². The molecule has 0 amide bonds. The Labute approximate surface area is 133 Å². The smallest absolute Gasteiger partial charge is 0.350 e. The average Bonchev–Trinajstić information content (AvgIpc) is 2.44. The van der Waals surface area contributed by atoms with Crippen LogP contribution >= 0.6 is 0 Å². The minimum Gasteiger partial charge on any atom is -0.350 e. The molecule has 0 saturated carbocycles. The van der Waals surface area contributed by atoms with E-state index < -0.39 is 29.8 Å². The van der Waals surface area contributed by atoms with Crippen LogP contribution < -0.4 is 0 Å². The zero-order chi connectivity index (χ0) is 17.1. The van der Waals surface area contributed by atoms with Gasteiger partial charge in [0.2, 0.25) is 0 Å². The van der Waals surface area contributed by atoms with E-state index in [9.17, 15) is 18.0 Å². The van der Waals surface area contributed by atoms with Crippen molar-refractivity contribution in [3.05, 3.63) is 35.9 Å². The first-order chi connectivity index (χ1) is 10.6. The molecule has 1 heterocycles. The van der Waals surface area contributed by atoms with Gasteiger partial charge in [-0.1, -0.05) is 30.3 Å². The molecule has 1 aliphatic heterocycles. The molecular formula is C17H21F3O3. The van der Waals surface area contributed by atoms with Gasteiger partial charge in [0.15, 0.2) is 11.4 Å². The minimum absolute atomic E-state index is 0.0620. The number of hydrogen-bond donors (Lipinski definition) is 0. The van der Waals surface area contributed by atoms with E-state index in [1.54, 1.807) is 0 Å². The summed E-state index contributed by atoms with van der Waals surface area (Å²) in [6.07, 6.45) is -5.16. The van der Waals surface area contributed by atoms with Gasteiger partial charge in [-0.15, -0.1) is 0 Å². The Kier molecular flexibility index (Phi) is 5.16. The molecule has 1 saturated heterocycles. The van der Waals surface area contributed by atoms with E-state index in [2.05, 4.69) is 0 Å². The van der Waals surface area contributed by atoms with Gasteiger partial charge < -0.3 is 9.47 Å². The van der Waals surface area contributed by atoms with Crippen LogP contribution in [0.5, 0.6) is 0 Å². The predicted octanol–water partition coefficient (Wildman–Crippen LogP) is 4.05. The molecule has 0 aliphatic carbocycles. The standard InChI is InChI=1S/C17H21F3O3/c1-15(2)22-11-10-16(23-15,17(18,19)20)12-14(21)9-8-13-6-4-3-5-7-13/h3-7H,8-12H2,1-2H3. The number of ketones is 1. The molecule has 6 heteroatoms. The number of ether oxygens (including phenoxy) is 2. The molecule has 3 nitrogen and oxygen atoms in total. The van der Waals surface area contributed by atoms with Crippen molar-refractivity contribution in [1.82, 2.24) is 0 Å². The first kappa shape index (κ1) is 17.9. The van der Waals surface area contributed by atoms with Gasteiger partial charge in [0, 0.05) is 19.3 Å². The van der Waals surface area contributed by atoms with Crippen LogP contribution in [0.25, 0.3) is 0 Å². The van der Waals surface area contributed by atoms with E-state index in [1.165, 1.54) is 13.8 Å². The van der Waals surface area contributed by atoms with Crippen LogP contribution in [-0.2, 0) is 20.7 Å². The molecule has 1 fully saturated rings. The molecule has 23 heavy (non-hydrogen) atoms. The van der Waals surface area contributed by atoms with Crippen molar-refractivity contribution in [3.8, 4) is 0 Å². The Morgan fingerprint density at radius 1 is 1.22 bits per heavy atom. The van der Waals surface area contributed by atoms with E-state index in [0.717, 1.165) is 5.56 Å². The Morgan fingerprint density at radius 3 is 2.43 bits per heavy atom. The lowest BCUT2D eigenvalue weighted by atomic mass is 9.89. The zero-order valence-electron chi connectivity index (χ0n) is 13.3. The number of carbonyl (C=O) groups excluding carboxylic acids is 1. The van der Waals surface area contributed by atoms with E-state index in [0.29, 0.717) is 6.42 Å². The highest BCUT2D eigenvalue weighted by Crippen LogP contribution is 2.45. The summed E-state index contributed by atoms with van der Waals surface area (Å²) >= 11 is 0. The van der Waals surface area contributed by atoms with Crippen molar-refractivity contribution in [2.24, 2.45) is 0 Å². The van der Waals surface area contributed by atoms with Crippen LogP contribution in [0, 0.1) is 0 Å². The van der Waals surface area contributed by atoms with Crippen molar-refractivity contribution < 1.29 is 27.4 Å². The zero-order valence-corrected chi connectivity index (χ0v) is 13.3. The Bertz CT molecular complexity index is 540. The summed E-state index contributed by atoms with van der Waals surface area (Å²) in [5.41, 5.74) is -1.53. The van der Waals surface area contributed by atoms with Crippen molar-refractivity contribution in [2.45, 2.75) is 57.1 Å². The quantitative estimate of drug-likeness (QED) is 0.817. The molecule has 0 spiro atoms. The Balaban J connectivity index is 2.05. The summed E-state index contributed by atoms with van der Waals surface area (Å²) in [6.45, 7) is 2.78. The largest absolute Gasteiger partial charge is 0.418 e.